The molecule has 5 heteroatoms. The molecule has 3 rings (SSSR count). The predicted molar refractivity (Wildman–Crippen MR) is 81.4 cm³/mol. The second-order valence-corrected chi connectivity index (χ2v) is 5.93. The maximum Gasteiger partial charge on any atom is 0.216 e. The van der Waals surface area contributed by atoms with Gasteiger partial charge in [-0.1, -0.05) is 20.8 Å². The molecule has 0 aliphatic carbocycles. The third-order valence-corrected chi connectivity index (χ3v) is 3.90. The van der Waals surface area contributed by atoms with Crippen LogP contribution in [-0.4, -0.2) is 26.1 Å². The van der Waals surface area contributed by atoms with E-state index in [1.165, 1.54) is 0 Å². The molecule has 0 amide bonds. The third kappa shape index (κ3) is 2.52. The number of nitrogens with zero attached hydrogens (tertiary/aromatic N) is 4. The number of hydrogen-bond acceptors (Lipinski definition) is 4. The fraction of sp³-hybridized carbons (Fsp3) is 0.562. The summed E-state index contributed by atoms with van der Waals surface area (Å²) in [5.41, 5.74) is 3.87. The van der Waals surface area contributed by atoms with E-state index in [0.29, 0.717) is 5.92 Å². The van der Waals surface area contributed by atoms with Crippen LogP contribution < -0.4 is 4.74 Å². The van der Waals surface area contributed by atoms with Gasteiger partial charge in [0, 0.05) is 18.5 Å². The molecule has 1 aliphatic heterocycles. The lowest BCUT2D eigenvalue weighted by Gasteiger charge is -2.23. The number of fused-ring (bicyclic) bond motifs is 1. The van der Waals surface area contributed by atoms with Gasteiger partial charge < -0.3 is 4.74 Å². The minimum Gasteiger partial charge on any atom is -0.475 e. The summed E-state index contributed by atoms with van der Waals surface area (Å²) < 4.78 is 8.00. The maximum absolute atomic E-state index is 6.02. The number of hydrogen-bond donors (Lipinski definition) is 0. The molecule has 0 radical (unpaired) electrons. The van der Waals surface area contributed by atoms with Crippen molar-refractivity contribution in [1.82, 2.24) is 20.0 Å². The first-order chi connectivity index (χ1) is 10.1. The molecular formula is C16H22N4O. The lowest BCUT2D eigenvalue weighted by Crippen LogP contribution is -2.23. The van der Waals surface area contributed by atoms with Crippen LogP contribution in [0.2, 0.25) is 0 Å². The number of rotatable bonds is 3. The van der Waals surface area contributed by atoms with Gasteiger partial charge in [0.15, 0.2) is 0 Å². The molecule has 21 heavy (non-hydrogen) atoms. The zero-order valence-electron chi connectivity index (χ0n) is 13.1. The highest BCUT2D eigenvalue weighted by Gasteiger charge is 2.27. The third-order valence-electron chi connectivity index (χ3n) is 3.90. The largest absolute Gasteiger partial charge is 0.475 e. The summed E-state index contributed by atoms with van der Waals surface area (Å²) in [6.45, 7) is 9.41. The van der Waals surface area contributed by atoms with Crippen molar-refractivity contribution in [2.24, 2.45) is 0 Å². The minimum atomic E-state index is 0.244. The molecule has 5 nitrogen and oxygen atoms in total. The van der Waals surface area contributed by atoms with E-state index < -0.39 is 0 Å². The van der Waals surface area contributed by atoms with Crippen LogP contribution in [0.15, 0.2) is 12.1 Å². The van der Waals surface area contributed by atoms with Crippen molar-refractivity contribution in [1.29, 1.82) is 0 Å². The van der Waals surface area contributed by atoms with E-state index in [9.17, 15) is 0 Å². The Morgan fingerprint density at radius 2 is 2.14 bits per heavy atom. The highest BCUT2D eigenvalue weighted by molar-refractivity contribution is 5.62. The van der Waals surface area contributed by atoms with Crippen LogP contribution in [-0.2, 0) is 13.0 Å². The maximum atomic E-state index is 6.02. The number of ether oxygens (including phenoxy) is 1. The van der Waals surface area contributed by atoms with Gasteiger partial charge in [0.1, 0.15) is 11.4 Å². The van der Waals surface area contributed by atoms with Crippen molar-refractivity contribution in [2.45, 2.75) is 59.1 Å². The summed E-state index contributed by atoms with van der Waals surface area (Å²) in [5.74, 6) is 1.24. The fourth-order valence-corrected chi connectivity index (χ4v) is 2.67. The van der Waals surface area contributed by atoms with E-state index >= 15 is 0 Å². The molecule has 0 aromatic carbocycles. The lowest BCUT2D eigenvalue weighted by molar-refractivity contribution is 0.147. The molecule has 0 unspecified atom stereocenters. The minimum absolute atomic E-state index is 0.244. The summed E-state index contributed by atoms with van der Waals surface area (Å²) in [7, 11) is 0. The van der Waals surface area contributed by atoms with Gasteiger partial charge in [-0.05, 0) is 31.4 Å². The molecule has 0 saturated carbocycles. The Morgan fingerprint density at radius 3 is 2.76 bits per heavy atom. The van der Waals surface area contributed by atoms with Gasteiger partial charge in [-0.15, -0.1) is 5.10 Å². The quantitative estimate of drug-likeness (QED) is 0.869. The fourth-order valence-electron chi connectivity index (χ4n) is 2.67. The van der Waals surface area contributed by atoms with Crippen LogP contribution in [0, 0.1) is 0 Å². The first-order valence-electron chi connectivity index (χ1n) is 7.70. The van der Waals surface area contributed by atoms with Crippen LogP contribution in [0.4, 0.5) is 0 Å². The van der Waals surface area contributed by atoms with Gasteiger partial charge in [0.05, 0.1) is 11.8 Å². The predicted octanol–water partition coefficient (Wildman–Crippen LogP) is 3.20. The van der Waals surface area contributed by atoms with Crippen LogP contribution in [0.25, 0.3) is 11.4 Å². The highest BCUT2D eigenvalue weighted by Crippen LogP contribution is 2.37. The molecule has 1 atom stereocenters. The molecule has 1 aliphatic rings. The van der Waals surface area contributed by atoms with Crippen molar-refractivity contribution < 1.29 is 4.74 Å². The molecule has 2 aromatic heterocycles. The van der Waals surface area contributed by atoms with E-state index in [2.05, 4.69) is 37.9 Å². The van der Waals surface area contributed by atoms with Gasteiger partial charge >= 0.3 is 0 Å². The molecule has 0 fully saturated rings. The number of aryl methyl sites for hydroxylation is 2. The van der Waals surface area contributed by atoms with Crippen LogP contribution in [0.5, 0.6) is 5.88 Å². The standard InChI is InChI=1S/C16H22N4O/c1-5-12-6-7-13(18-17-12)15-14(10(2)3)16-20(19-15)9-8-11(4)21-16/h6-7,10-11H,5,8-9H2,1-4H3/t11-/m1/s1. The van der Waals surface area contributed by atoms with Gasteiger partial charge in [0.2, 0.25) is 5.88 Å². The summed E-state index contributed by atoms with van der Waals surface area (Å²) in [4.78, 5) is 0. The van der Waals surface area contributed by atoms with E-state index in [0.717, 1.165) is 47.9 Å². The first-order valence-corrected chi connectivity index (χ1v) is 7.70. The zero-order valence-corrected chi connectivity index (χ0v) is 13.1. The Bertz CT molecular complexity index is 630. The first kappa shape index (κ1) is 14.0. The van der Waals surface area contributed by atoms with E-state index in [-0.39, 0.29) is 6.10 Å². The van der Waals surface area contributed by atoms with Gasteiger partial charge in [-0.2, -0.15) is 10.2 Å². The van der Waals surface area contributed by atoms with Crippen LogP contribution in [0.3, 0.4) is 0 Å². The molecule has 0 bridgehead atoms. The van der Waals surface area contributed by atoms with Crippen LogP contribution in [0.1, 0.15) is 51.3 Å². The van der Waals surface area contributed by atoms with Crippen LogP contribution >= 0.6 is 0 Å². The summed E-state index contributed by atoms with van der Waals surface area (Å²) in [6.07, 6.45) is 2.13. The van der Waals surface area contributed by atoms with E-state index in [1.54, 1.807) is 0 Å². The van der Waals surface area contributed by atoms with Crippen molar-refractivity contribution >= 4 is 0 Å². The zero-order chi connectivity index (χ0) is 15.0. The summed E-state index contributed by atoms with van der Waals surface area (Å²) >= 11 is 0. The van der Waals surface area contributed by atoms with Gasteiger partial charge in [-0.3, -0.25) is 0 Å². The monoisotopic (exact) mass is 286 g/mol. The summed E-state index contributed by atoms with van der Waals surface area (Å²) in [5, 5.41) is 13.3. The second-order valence-electron chi connectivity index (χ2n) is 5.93. The smallest absolute Gasteiger partial charge is 0.216 e. The molecule has 3 heterocycles. The molecule has 0 N–H and O–H groups in total. The van der Waals surface area contributed by atoms with Crippen molar-refractivity contribution in [2.75, 3.05) is 0 Å². The number of aromatic nitrogens is 4. The normalized spacial score (nSPS) is 17.7. The van der Waals surface area contributed by atoms with E-state index in [1.807, 2.05) is 16.8 Å². The highest BCUT2D eigenvalue weighted by atomic mass is 16.5. The topological polar surface area (TPSA) is 52.8 Å². The lowest BCUT2D eigenvalue weighted by atomic mass is 10.0. The molecular weight excluding hydrogens is 264 g/mol. The Morgan fingerprint density at radius 1 is 1.33 bits per heavy atom. The van der Waals surface area contributed by atoms with Crippen molar-refractivity contribution in [3.8, 4) is 17.3 Å². The SMILES string of the molecule is CCc1ccc(-c2nn3c(c2C(C)C)O[C@H](C)CC3)nn1. The Balaban J connectivity index is 2.09. The average molecular weight is 286 g/mol. The van der Waals surface area contributed by atoms with E-state index in [4.69, 9.17) is 9.84 Å². The Labute approximate surface area is 125 Å². The molecule has 2 aromatic rings. The van der Waals surface area contributed by atoms with Gasteiger partial charge in [0.25, 0.3) is 0 Å². The Hall–Kier alpha value is -1.91. The molecule has 112 valence electrons. The molecule has 0 spiro atoms. The Kier molecular flexibility index (Phi) is 3.66. The molecule has 0 saturated heterocycles. The summed E-state index contributed by atoms with van der Waals surface area (Å²) in [6, 6.07) is 4.03. The van der Waals surface area contributed by atoms with Crippen molar-refractivity contribution in [3.05, 3.63) is 23.4 Å². The van der Waals surface area contributed by atoms with Crippen molar-refractivity contribution in [3.63, 3.8) is 0 Å². The average Bonchev–Trinajstić information content (AvgIpc) is 2.86. The van der Waals surface area contributed by atoms with Gasteiger partial charge in [-0.25, -0.2) is 4.68 Å². The second kappa shape index (κ2) is 5.47.